The van der Waals surface area contributed by atoms with Crippen molar-refractivity contribution in [3.63, 3.8) is 0 Å². The van der Waals surface area contributed by atoms with Crippen LogP contribution in [-0.2, 0) is 9.47 Å². The minimum atomic E-state index is 0.165. The fourth-order valence-electron chi connectivity index (χ4n) is 2.35. The largest absolute Gasteiger partial charge is 0.379 e. The average Bonchev–Trinajstić information content (AvgIpc) is 2.41. The number of nitrogens with one attached hydrogen (secondary N) is 2. The predicted molar refractivity (Wildman–Crippen MR) is 96.1 cm³/mol. The van der Waals surface area contributed by atoms with Crippen molar-refractivity contribution in [3.8, 4) is 0 Å². The molecule has 2 unspecified atom stereocenters. The lowest BCUT2D eigenvalue weighted by Crippen LogP contribution is -2.48. The Bertz CT molecular complexity index is 285. The molecular formula is C16H35N3O2S. The Labute approximate surface area is 141 Å². The number of thiol groups is 1. The van der Waals surface area contributed by atoms with Crippen LogP contribution in [0.25, 0.3) is 0 Å². The highest BCUT2D eigenvalue weighted by Gasteiger charge is 2.19. The predicted octanol–water partition coefficient (Wildman–Crippen LogP) is 1.000. The maximum Gasteiger partial charge on any atom is 0.0826 e. The Hall–Kier alpha value is 0.150. The lowest BCUT2D eigenvalue weighted by Gasteiger charge is -2.33. The molecule has 2 N–H and O–H groups in total. The van der Waals surface area contributed by atoms with E-state index in [-0.39, 0.29) is 11.6 Å². The topological polar surface area (TPSA) is 45.8 Å². The maximum absolute atomic E-state index is 5.79. The summed E-state index contributed by atoms with van der Waals surface area (Å²) >= 11 is 4.37. The number of hydrogen-bond donors (Lipinski definition) is 3. The molecule has 0 aromatic carbocycles. The van der Waals surface area contributed by atoms with Crippen LogP contribution in [0.15, 0.2) is 0 Å². The molecule has 1 rings (SSSR count). The van der Waals surface area contributed by atoms with Crippen molar-refractivity contribution in [3.05, 3.63) is 0 Å². The summed E-state index contributed by atoms with van der Waals surface area (Å²) in [6.07, 6.45) is 0.281. The minimum absolute atomic E-state index is 0.165. The molecule has 6 heteroatoms. The molecule has 0 spiro atoms. The number of ether oxygens (including phenoxy) is 2. The van der Waals surface area contributed by atoms with E-state index in [4.69, 9.17) is 9.47 Å². The maximum atomic E-state index is 5.79. The third-order valence-corrected chi connectivity index (χ3v) is 3.67. The van der Waals surface area contributed by atoms with Gasteiger partial charge in [-0.15, -0.1) is 0 Å². The van der Waals surface area contributed by atoms with E-state index in [1.807, 2.05) is 0 Å². The van der Waals surface area contributed by atoms with Crippen LogP contribution in [0.3, 0.4) is 0 Å². The molecule has 1 saturated heterocycles. The van der Waals surface area contributed by atoms with Crippen molar-refractivity contribution >= 4 is 12.6 Å². The van der Waals surface area contributed by atoms with Crippen LogP contribution in [0.1, 0.15) is 27.7 Å². The van der Waals surface area contributed by atoms with E-state index >= 15 is 0 Å². The van der Waals surface area contributed by atoms with Crippen molar-refractivity contribution < 1.29 is 9.47 Å². The van der Waals surface area contributed by atoms with E-state index in [0.29, 0.717) is 5.25 Å². The molecule has 0 aromatic rings. The van der Waals surface area contributed by atoms with Gasteiger partial charge in [0.2, 0.25) is 0 Å². The van der Waals surface area contributed by atoms with Crippen molar-refractivity contribution in [1.82, 2.24) is 15.5 Å². The Balaban J connectivity index is 2.03. The van der Waals surface area contributed by atoms with Gasteiger partial charge in [-0.25, -0.2) is 0 Å². The second kappa shape index (κ2) is 10.8. The molecule has 1 heterocycles. The summed E-state index contributed by atoms with van der Waals surface area (Å²) in [5.41, 5.74) is 0.165. The van der Waals surface area contributed by atoms with Gasteiger partial charge in [-0.1, -0.05) is 6.92 Å². The summed E-state index contributed by atoms with van der Waals surface area (Å²) in [6.45, 7) is 16.7. The van der Waals surface area contributed by atoms with Crippen LogP contribution in [0.4, 0.5) is 0 Å². The first-order valence-corrected chi connectivity index (χ1v) is 8.94. The van der Waals surface area contributed by atoms with E-state index in [1.54, 1.807) is 0 Å². The zero-order valence-electron chi connectivity index (χ0n) is 14.7. The molecule has 1 fully saturated rings. The zero-order valence-corrected chi connectivity index (χ0v) is 15.6. The van der Waals surface area contributed by atoms with Crippen LogP contribution in [0.5, 0.6) is 0 Å². The first-order chi connectivity index (χ1) is 10.4. The van der Waals surface area contributed by atoms with Gasteiger partial charge in [-0.2, -0.15) is 12.6 Å². The zero-order chi connectivity index (χ0) is 16.4. The quantitative estimate of drug-likeness (QED) is 0.411. The molecule has 0 aliphatic carbocycles. The number of hydrogen-bond acceptors (Lipinski definition) is 6. The molecule has 0 saturated carbocycles. The van der Waals surface area contributed by atoms with E-state index in [0.717, 1.165) is 59.1 Å². The summed E-state index contributed by atoms with van der Waals surface area (Å²) in [6, 6.07) is 0. The van der Waals surface area contributed by atoms with Crippen molar-refractivity contribution in [2.75, 3.05) is 59.1 Å². The number of nitrogens with zero attached hydrogens (tertiary/aromatic N) is 1. The van der Waals surface area contributed by atoms with Gasteiger partial charge in [0, 0.05) is 50.1 Å². The summed E-state index contributed by atoms with van der Waals surface area (Å²) < 4.78 is 11.5. The first-order valence-electron chi connectivity index (χ1n) is 8.42. The van der Waals surface area contributed by atoms with Gasteiger partial charge in [-0.05, 0) is 20.8 Å². The second-order valence-corrected chi connectivity index (χ2v) is 7.97. The van der Waals surface area contributed by atoms with Crippen LogP contribution in [0.2, 0.25) is 0 Å². The minimum Gasteiger partial charge on any atom is -0.379 e. The van der Waals surface area contributed by atoms with Crippen LogP contribution in [-0.4, -0.2) is 80.9 Å². The molecular weight excluding hydrogens is 298 g/mol. The standard InChI is InChI=1S/C16H35N3O2S/c1-14(22)11-17-12-15-13-19(7-10-21-15)6-9-20-8-5-18-16(2,3)4/h14-15,17-18,22H,5-13H2,1-4H3. The van der Waals surface area contributed by atoms with Crippen LogP contribution < -0.4 is 10.6 Å². The SMILES string of the molecule is CC(S)CNCC1CN(CCOCCNC(C)(C)C)CCO1. The third kappa shape index (κ3) is 10.8. The summed E-state index contributed by atoms with van der Waals surface area (Å²) in [5.74, 6) is 0. The molecule has 0 bridgehead atoms. The lowest BCUT2D eigenvalue weighted by atomic mass is 10.1. The molecule has 1 aliphatic heterocycles. The molecule has 22 heavy (non-hydrogen) atoms. The summed E-state index contributed by atoms with van der Waals surface area (Å²) in [4.78, 5) is 2.43. The van der Waals surface area contributed by atoms with Gasteiger partial charge in [0.05, 0.1) is 25.9 Å². The molecule has 1 aliphatic rings. The smallest absolute Gasteiger partial charge is 0.0826 e. The highest BCUT2D eigenvalue weighted by atomic mass is 32.1. The van der Waals surface area contributed by atoms with E-state index in [2.05, 4.69) is 55.9 Å². The van der Waals surface area contributed by atoms with E-state index in [9.17, 15) is 0 Å². The van der Waals surface area contributed by atoms with Gasteiger partial charge < -0.3 is 20.1 Å². The van der Waals surface area contributed by atoms with E-state index < -0.39 is 0 Å². The normalized spacial score (nSPS) is 22.0. The molecule has 0 amide bonds. The van der Waals surface area contributed by atoms with Crippen LogP contribution in [0, 0.1) is 0 Å². The van der Waals surface area contributed by atoms with E-state index in [1.165, 1.54) is 0 Å². The number of morpholine rings is 1. The molecule has 5 nitrogen and oxygen atoms in total. The third-order valence-electron chi connectivity index (χ3n) is 3.49. The highest BCUT2D eigenvalue weighted by molar-refractivity contribution is 7.80. The fraction of sp³-hybridized carbons (Fsp3) is 1.00. The van der Waals surface area contributed by atoms with Gasteiger partial charge in [0.25, 0.3) is 0 Å². The Morgan fingerprint density at radius 1 is 1.36 bits per heavy atom. The Morgan fingerprint density at radius 2 is 2.14 bits per heavy atom. The van der Waals surface area contributed by atoms with Crippen molar-refractivity contribution in [2.45, 2.75) is 44.6 Å². The van der Waals surface area contributed by atoms with Gasteiger partial charge >= 0.3 is 0 Å². The molecule has 0 aromatic heterocycles. The molecule has 2 atom stereocenters. The van der Waals surface area contributed by atoms with Crippen molar-refractivity contribution in [2.24, 2.45) is 0 Å². The van der Waals surface area contributed by atoms with Crippen LogP contribution >= 0.6 is 12.6 Å². The summed E-state index contributed by atoms with van der Waals surface area (Å²) in [7, 11) is 0. The van der Waals surface area contributed by atoms with Gasteiger partial charge in [0.15, 0.2) is 0 Å². The van der Waals surface area contributed by atoms with Gasteiger partial charge in [-0.3, -0.25) is 4.90 Å². The Kier molecular flexibility index (Phi) is 9.95. The first kappa shape index (κ1) is 20.2. The second-order valence-electron chi connectivity index (χ2n) is 7.09. The average molecular weight is 334 g/mol. The summed E-state index contributed by atoms with van der Waals surface area (Å²) in [5, 5.41) is 7.22. The fourth-order valence-corrected chi connectivity index (χ4v) is 2.48. The molecule has 132 valence electrons. The monoisotopic (exact) mass is 333 g/mol. The van der Waals surface area contributed by atoms with Crippen molar-refractivity contribution in [1.29, 1.82) is 0 Å². The number of rotatable bonds is 10. The molecule has 0 radical (unpaired) electrons. The highest BCUT2D eigenvalue weighted by Crippen LogP contribution is 2.04. The Morgan fingerprint density at radius 3 is 2.82 bits per heavy atom. The lowest BCUT2D eigenvalue weighted by molar-refractivity contribution is -0.0347. The van der Waals surface area contributed by atoms with Gasteiger partial charge in [0.1, 0.15) is 0 Å².